The van der Waals surface area contributed by atoms with E-state index in [2.05, 4.69) is 15.3 Å². The Morgan fingerprint density at radius 1 is 1.30 bits per heavy atom. The normalized spacial score (nSPS) is 19.4. The van der Waals surface area contributed by atoms with Gasteiger partial charge in [-0.3, -0.25) is 4.79 Å². The molecule has 1 aliphatic rings. The number of aromatic amines is 1. The van der Waals surface area contributed by atoms with Crippen molar-refractivity contribution in [3.63, 3.8) is 0 Å². The fourth-order valence-corrected chi connectivity index (χ4v) is 5.16. The van der Waals surface area contributed by atoms with E-state index in [0.717, 1.165) is 13.0 Å². The van der Waals surface area contributed by atoms with Gasteiger partial charge >= 0.3 is 5.97 Å². The number of H-pyrrole nitrogens is 1. The van der Waals surface area contributed by atoms with Crippen LogP contribution in [0, 0.1) is 5.82 Å². The van der Waals surface area contributed by atoms with E-state index in [-0.39, 0.29) is 28.7 Å². The van der Waals surface area contributed by atoms with Crippen LogP contribution in [-0.4, -0.2) is 71.5 Å². The first-order valence-electron chi connectivity index (χ1n) is 12.0. The number of nitrogens with one attached hydrogen (secondary N) is 2. The molecule has 2 unspecified atom stereocenters. The number of carboxylic acids is 1. The van der Waals surface area contributed by atoms with Gasteiger partial charge in [-0.1, -0.05) is 18.2 Å². The third-order valence-electron chi connectivity index (χ3n) is 6.58. The molecule has 1 aromatic heterocycles. The second-order valence-electron chi connectivity index (χ2n) is 9.39. The number of allylic oxidation sites excluding steroid dienone is 2. The lowest BCUT2D eigenvalue weighted by Gasteiger charge is -2.32. The zero-order chi connectivity index (χ0) is 26.7. The Kier molecular flexibility index (Phi) is 8.14. The quantitative estimate of drug-likeness (QED) is 0.214. The molecule has 0 aliphatic heterocycles. The summed E-state index contributed by atoms with van der Waals surface area (Å²) in [6.07, 6.45) is 5.11. The van der Waals surface area contributed by atoms with Crippen LogP contribution in [0.4, 0.5) is 4.39 Å². The SMILES string of the molecule is COc1cc2nc(C3CC=C[C@H](Cl)C3c3ccc(C(=O)NCCCN(C)C)cc3C(=O)O)[nH]c2cc1F. The molecule has 37 heavy (non-hydrogen) atoms. The van der Waals surface area contributed by atoms with Gasteiger partial charge in [0.1, 0.15) is 5.82 Å². The number of fused-ring (bicyclic) bond motifs is 1. The number of aromatic nitrogens is 2. The third-order valence-corrected chi connectivity index (χ3v) is 7.00. The average Bonchev–Trinajstić information content (AvgIpc) is 3.27. The van der Waals surface area contributed by atoms with Crippen LogP contribution in [0.25, 0.3) is 11.0 Å². The number of carbonyl (C=O) groups excluding carboxylic acids is 1. The van der Waals surface area contributed by atoms with Crippen LogP contribution in [0.3, 0.4) is 0 Å². The molecule has 0 saturated carbocycles. The highest BCUT2D eigenvalue weighted by atomic mass is 35.5. The first-order chi connectivity index (χ1) is 17.7. The van der Waals surface area contributed by atoms with Gasteiger partial charge in [-0.25, -0.2) is 14.2 Å². The summed E-state index contributed by atoms with van der Waals surface area (Å²) in [6.45, 7) is 1.31. The van der Waals surface area contributed by atoms with Crippen molar-refractivity contribution in [1.82, 2.24) is 20.2 Å². The van der Waals surface area contributed by atoms with Crippen molar-refractivity contribution in [1.29, 1.82) is 0 Å². The standard InChI is InChI=1S/C27H30ClFN4O4/c1-33(2)11-5-10-30-26(34)15-8-9-16(18(12-15)27(35)36)24-17(6-4-7-19(24)28)25-31-21-13-20(29)23(37-3)14-22(21)32-25/h4,7-9,12-14,17,19,24H,5-6,10-11H2,1-3H3,(H,30,34)(H,31,32)(H,35,36)/t17?,19-,24?/m0/s1. The Morgan fingerprint density at radius 2 is 2.08 bits per heavy atom. The van der Waals surface area contributed by atoms with E-state index in [1.165, 1.54) is 25.3 Å². The smallest absolute Gasteiger partial charge is 0.335 e. The maximum absolute atomic E-state index is 14.2. The number of imidazole rings is 1. The van der Waals surface area contributed by atoms with E-state index in [9.17, 15) is 19.1 Å². The number of nitrogens with zero attached hydrogens (tertiary/aromatic N) is 2. The van der Waals surface area contributed by atoms with Gasteiger partial charge in [0, 0.05) is 36.1 Å². The van der Waals surface area contributed by atoms with E-state index < -0.39 is 23.1 Å². The number of amides is 1. The van der Waals surface area contributed by atoms with Crippen molar-refractivity contribution in [3.8, 4) is 5.75 Å². The largest absolute Gasteiger partial charge is 0.494 e. The number of carboxylic acid groups (broad SMARTS) is 1. The highest BCUT2D eigenvalue weighted by Gasteiger charge is 2.36. The molecule has 3 N–H and O–H groups in total. The number of benzene rings is 2. The van der Waals surface area contributed by atoms with Gasteiger partial charge in [-0.2, -0.15) is 0 Å². The summed E-state index contributed by atoms with van der Waals surface area (Å²) in [7, 11) is 5.30. The first-order valence-corrected chi connectivity index (χ1v) is 12.5. The molecule has 0 spiro atoms. The minimum absolute atomic E-state index is 0.0146. The Morgan fingerprint density at radius 3 is 2.78 bits per heavy atom. The Bertz CT molecular complexity index is 1340. The predicted molar refractivity (Wildman–Crippen MR) is 140 cm³/mol. The van der Waals surface area contributed by atoms with Crippen molar-refractivity contribution >= 4 is 34.5 Å². The molecule has 0 saturated heterocycles. The number of methoxy groups -OCH3 is 1. The summed E-state index contributed by atoms with van der Waals surface area (Å²) in [5.74, 6) is -2.06. The maximum atomic E-state index is 14.2. The molecule has 8 nitrogen and oxygen atoms in total. The third kappa shape index (κ3) is 5.78. The fraction of sp³-hybridized carbons (Fsp3) is 0.370. The molecule has 1 heterocycles. The lowest BCUT2D eigenvalue weighted by molar-refractivity contribution is 0.0695. The minimum atomic E-state index is -1.15. The second-order valence-corrected chi connectivity index (χ2v) is 9.89. The van der Waals surface area contributed by atoms with Crippen molar-refractivity contribution < 1.29 is 23.8 Å². The number of aromatic carboxylic acids is 1. The number of carbonyl (C=O) groups is 2. The zero-order valence-corrected chi connectivity index (χ0v) is 21.7. The van der Waals surface area contributed by atoms with Crippen LogP contribution < -0.4 is 10.1 Å². The Labute approximate surface area is 219 Å². The number of halogens is 2. The second kappa shape index (κ2) is 11.3. The molecule has 196 valence electrons. The molecular formula is C27H30ClFN4O4. The van der Waals surface area contributed by atoms with Gasteiger partial charge in [0.2, 0.25) is 0 Å². The molecule has 1 aliphatic carbocycles. The minimum Gasteiger partial charge on any atom is -0.494 e. The lowest BCUT2D eigenvalue weighted by atomic mass is 9.76. The van der Waals surface area contributed by atoms with Gasteiger partial charge in [0.25, 0.3) is 5.91 Å². The molecule has 0 fully saturated rings. The summed E-state index contributed by atoms with van der Waals surface area (Å²) >= 11 is 6.74. The van der Waals surface area contributed by atoms with Crippen LogP contribution >= 0.6 is 11.6 Å². The van der Waals surface area contributed by atoms with E-state index in [4.69, 9.17) is 16.3 Å². The number of hydrogen-bond acceptors (Lipinski definition) is 5. The van der Waals surface area contributed by atoms with E-state index in [1.54, 1.807) is 12.1 Å². The highest BCUT2D eigenvalue weighted by Crippen LogP contribution is 2.44. The van der Waals surface area contributed by atoms with Crippen LogP contribution in [-0.2, 0) is 0 Å². The molecule has 3 aromatic rings. The summed E-state index contributed by atoms with van der Waals surface area (Å²) in [6, 6.07) is 7.53. The van der Waals surface area contributed by atoms with Crippen LogP contribution in [0.1, 0.15) is 56.8 Å². The molecule has 0 radical (unpaired) electrons. The fourth-order valence-electron chi connectivity index (χ4n) is 4.75. The van der Waals surface area contributed by atoms with Crippen molar-refractivity contribution in [2.24, 2.45) is 0 Å². The van der Waals surface area contributed by atoms with Gasteiger partial charge in [0.15, 0.2) is 11.6 Å². The van der Waals surface area contributed by atoms with Crippen LogP contribution in [0.5, 0.6) is 5.75 Å². The van der Waals surface area contributed by atoms with Crippen molar-refractivity contribution in [2.45, 2.75) is 30.1 Å². The first kappa shape index (κ1) is 26.6. The monoisotopic (exact) mass is 528 g/mol. The van der Waals surface area contributed by atoms with E-state index >= 15 is 0 Å². The molecule has 0 bridgehead atoms. The molecule has 2 aromatic carbocycles. The summed E-state index contributed by atoms with van der Waals surface area (Å²) in [5.41, 5.74) is 1.84. The van der Waals surface area contributed by atoms with Gasteiger partial charge in [-0.05, 0) is 51.2 Å². The molecule has 3 atom stereocenters. The number of ether oxygens (including phenoxy) is 1. The summed E-state index contributed by atoms with van der Waals surface area (Å²) in [5, 5.41) is 12.4. The molecule has 10 heteroatoms. The number of rotatable bonds is 9. The Balaban J connectivity index is 1.67. The van der Waals surface area contributed by atoms with E-state index in [0.29, 0.717) is 35.4 Å². The van der Waals surface area contributed by atoms with Crippen molar-refractivity contribution in [2.75, 3.05) is 34.3 Å². The topological polar surface area (TPSA) is 108 Å². The van der Waals surface area contributed by atoms with Crippen molar-refractivity contribution in [3.05, 3.63) is 70.8 Å². The number of hydrogen-bond donors (Lipinski definition) is 3. The van der Waals surface area contributed by atoms with Gasteiger partial charge in [0.05, 0.1) is 29.1 Å². The highest BCUT2D eigenvalue weighted by molar-refractivity contribution is 6.22. The van der Waals surface area contributed by atoms with E-state index in [1.807, 2.05) is 31.1 Å². The van der Waals surface area contributed by atoms with Crippen LogP contribution in [0.2, 0.25) is 0 Å². The predicted octanol–water partition coefficient (Wildman–Crippen LogP) is 4.53. The van der Waals surface area contributed by atoms with Crippen LogP contribution in [0.15, 0.2) is 42.5 Å². The molecule has 4 rings (SSSR count). The zero-order valence-electron chi connectivity index (χ0n) is 20.9. The lowest BCUT2D eigenvalue weighted by Crippen LogP contribution is -2.28. The maximum Gasteiger partial charge on any atom is 0.335 e. The number of alkyl halides is 1. The Hall–Kier alpha value is -3.43. The summed E-state index contributed by atoms with van der Waals surface area (Å²) < 4.78 is 19.3. The van der Waals surface area contributed by atoms with Gasteiger partial charge in [-0.15, -0.1) is 11.6 Å². The summed E-state index contributed by atoms with van der Waals surface area (Å²) in [4.78, 5) is 34.8. The van der Waals surface area contributed by atoms with Gasteiger partial charge < -0.3 is 25.0 Å². The average molecular weight is 529 g/mol. The molecule has 1 amide bonds. The molecular weight excluding hydrogens is 499 g/mol.